The first-order valence-electron chi connectivity index (χ1n) is 6.06. The first kappa shape index (κ1) is 15.2. The fourth-order valence-corrected chi connectivity index (χ4v) is 1.94. The van der Waals surface area contributed by atoms with Crippen molar-refractivity contribution in [1.82, 2.24) is 0 Å². The van der Waals surface area contributed by atoms with Gasteiger partial charge in [-0.05, 0) is 19.1 Å². The molecule has 0 saturated carbocycles. The van der Waals surface area contributed by atoms with Crippen molar-refractivity contribution in [2.75, 3.05) is 0 Å². The monoisotopic (exact) mass is 310 g/mol. The second kappa shape index (κ2) is 6.07. The second-order valence-corrected chi connectivity index (χ2v) is 4.83. The quantitative estimate of drug-likeness (QED) is 0.678. The zero-order chi connectivity index (χ0) is 15.6. The van der Waals surface area contributed by atoms with E-state index in [0.29, 0.717) is 5.56 Å². The molecule has 0 spiro atoms. The predicted octanol–water partition coefficient (Wildman–Crippen LogP) is 4.20. The first-order chi connectivity index (χ1) is 9.90. The minimum atomic E-state index is -0.618. The molecular formula is C14H12ClFN2O3. The van der Waals surface area contributed by atoms with Gasteiger partial charge in [-0.3, -0.25) is 10.1 Å². The van der Waals surface area contributed by atoms with Crippen LogP contribution in [-0.2, 0) is 0 Å². The molecule has 0 heterocycles. The fraction of sp³-hybridized carbons (Fsp3) is 0.143. The number of nitro groups is 1. The van der Waals surface area contributed by atoms with Crippen molar-refractivity contribution >= 4 is 17.3 Å². The third-order valence-electron chi connectivity index (χ3n) is 2.83. The molecule has 0 unspecified atom stereocenters. The SMILES string of the molecule is C[C@H](N)c1cccc(F)c1Oc1cc([N+](=O)[O-])ccc1Cl. The van der Waals surface area contributed by atoms with Gasteiger partial charge in [-0.1, -0.05) is 23.7 Å². The van der Waals surface area contributed by atoms with E-state index in [1.54, 1.807) is 13.0 Å². The summed E-state index contributed by atoms with van der Waals surface area (Å²) in [5.74, 6) is -0.708. The van der Waals surface area contributed by atoms with Crippen LogP contribution in [0.4, 0.5) is 10.1 Å². The maximum absolute atomic E-state index is 13.9. The Morgan fingerprint density at radius 1 is 1.38 bits per heavy atom. The van der Waals surface area contributed by atoms with Gasteiger partial charge in [-0.15, -0.1) is 0 Å². The Kier molecular flexibility index (Phi) is 4.40. The van der Waals surface area contributed by atoms with Crippen molar-refractivity contribution < 1.29 is 14.1 Å². The molecule has 0 saturated heterocycles. The highest BCUT2D eigenvalue weighted by molar-refractivity contribution is 6.32. The lowest BCUT2D eigenvalue weighted by Gasteiger charge is -2.15. The minimum absolute atomic E-state index is 0.00198. The Bertz CT molecular complexity index is 692. The highest BCUT2D eigenvalue weighted by Crippen LogP contribution is 2.36. The summed E-state index contributed by atoms with van der Waals surface area (Å²) in [6, 6.07) is 7.58. The fourth-order valence-electron chi connectivity index (χ4n) is 1.79. The molecule has 0 aromatic heterocycles. The molecule has 0 aliphatic carbocycles. The Hall–Kier alpha value is -2.18. The standard InChI is InChI=1S/C14H12ClFN2O3/c1-8(17)10-3-2-4-12(16)14(10)21-13-7-9(18(19)20)5-6-11(13)15/h2-8H,17H2,1H3/t8-/m0/s1. The molecule has 0 bridgehead atoms. The summed E-state index contributed by atoms with van der Waals surface area (Å²) in [4.78, 5) is 10.2. The van der Waals surface area contributed by atoms with Gasteiger partial charge < -0.3 is 10.5 Å². The molecule has 110 valence electrons. The third-order valence-corrected chi connectivity index (χ3v) is 3.14. The summed E-state index contributed by atoms with van der Waals surface area (Å²) >= 11 is 5.93. The number of rotatable bonds is 4. The Morgan fingerprint density at radius 3 is 2.71 bits per heavy atom. The highest BCUT2D eigenvalue weighted by atomic mass is 35.5. The van der Waals surface area contributed by atoms with E-state index in [0.717, 1.165) is 6.07 Å². The van der Waals surface area contributed by atoms with Gasteiger partial charge >= 0.3 is 0 Å². The lowest BCUT2D eigenvalue weighted by Crippen LogP contribution is -2.07. The third kappa shape index (κ3) is 3.29. The van der Waals surface area contributed by atoms with Crippen LogP contribution < -0.4 is 10.5 Å². The molecule has 0 aliphatic heterocycles. The molecule has 0 aliphatic rings. The first-order valence-corrected chi connectivity index (χ1v) is 6.43. The maximum atomic E-state index is 13.9. The van der Waals surface area contributed by atoms with Gasteiger partial charge in [0.15, 0.2) is 17.3 Å². The molecule has 21 heavy (non-hydrogen) atoms. The summed E-state index contributed by atoms with van der Waals surface area (Å²) in [6.07, 6.45) is 0. The van der Waals surface area contributed by atoms with Crippen molar-refractivity contribution in [2.45, 2.75) is 13.0 Å². The molecular weight excluding hydrogens is 299 g/mol. The van der Waals surface area contributed by atoms with Crippen LogP contribution in [0.5, 0.6) is 11.5 Å². The highest BCUT2D eigenvalue weighted by Gasteiger charge is 2.17. The maximum Gasteiger partial charge on any atom is 0.273 e. The largest absolute Gasteiger partial charge is 0.452 e. The van der Waals surface area contributed by atoms with Gasteiger partial charge in [0.1, 0.15) is 0 Å². The number of nitro benzene ring substituents is 1. The summed E-state index contributed by atoms with van der Waals surface area (Å²) in [7, 11) is 0. The van der Waals surface area contributed by atoms with E-state index in [4.69, 9.17) is 22.1 Å². The predicted molar refractivity (Wildman–Crippen MR) is 77.2 cm³/mol. The number of hydrogen-bond donors (Lipinski definition) is 1. The van der Waals surface area contributed by atoms with Crippen LogP contribution >= 0.6 is 11.6 Å². The number of nitrogens with two attached hydrogens (primary N) is 1. The number of benzene rings is 2. The number of ether oxygens (including phenoxy) is 1. The number of para-hydroxylation sites is 1. The Balaban J connectivity index is 2.47. The van der Waals surface area contributed by atoms with Gasteiger partial charge in [-0.2, -0.15) is 0 Å². The van der Waals surface area contributed by atoms with Crippen LogP contribution in [0.2, 0.25) is 5.02 Å². The van der Waals surface area contributed by atoms with Gasteiger partial charge in [0.25, 0.3) is 5.69 Å². The molecule has 7 heteroatoms. The zero-order valence-corrected chi connectivity index (χ0v) is 11.8. The molecule has 0 fully saturated rings. The molecule has 2 N–H and O–H groups in total. The molecule has 1 atom stereocenters. The Labute approximate surface area is 125 Å². The van der Waals surface area contributed by atoms with Crippen LogP contribution in [0.25, 0.3) is 0 Å². The average molecular weight is 311 g/mol. The number of halogens is 2. The lowest BCUT2D eigenvalue weighted by atomic mass is 10.1. The van der Waals surface area contributed by atoms with Crippen molar-refractivity contribution in [1.29, 1.82) is 0 Å². The van der Waals surface area contributed by atoms with Crippen molar-refractivity contribution in [3.63, 3.8) is 0 Å². The van der Waals surface area contributed by atoms with E-state index >= 15 is 0 Å². The van der Waals surface area contributed by atoms with Gasteiger partial charge in [0, 0.05) is 17.7 Å². The van der Waals surface area contributed by atoms with Crippen LogP contribution in [0, 0.1) is 15.9 Å². The number of hydrogen-bond acceptors (Lipinski definition) is 4. The normalized spacial score (nSPS) is 12.0. The summed E-state index contributed by atoms with van der Waals surface area (Å²) in [5.41, 5.74) is 6.01. The number of nitrogens with zero attached hydrogens (tertiary/aromatic N) is 1. The lowest BCUT2D eigenvalue weighted by molar-refractivity contribution is -0.384. The van der Waals surface area contributed by atoms with Crippen LogP contribution in [0.1, 0.15) is 18.5 Å². The van der Waals surface area contributed by atoms with E-state index in [1.807, 2.05) is 0 Å². The van der Waals surface area contributed by atoms with Crippen LogP contribution in [-0.4, -0.2) is 4.92 Å². The summed E-state index contributed by atoms with van der Waals surface area (Å²) in [5, 5.41) is 10.9. The zero-order valence-electron chi connectivity index (χ0n) is 11.0. The molecule has 2 aromatic carbocycles. The van der Waals surface area contributed by atoms with Crippen molar-refractivity contribution in [2.24, 2.45) is 5.73 Å². The average Bonchev–Trinajstić information content (AvgIpc) is 2.42. The molecule has 5 nitrogen and oxygen atoms in total. The van der Waals surface area contributed by atoms with E-state index in [1.165, 1.54) is 24.3 Å². The summed E-state index contributed by atoms with van der Waals surface area (Å²) < 4.78 is 19.4. The molecule has 0 radical (unpaired) electrons. The minimum Gasteiger partial charge on any atom is -0.452 e. The molecule has 0 amide bonds. The smallest absolute Gasteiger partial charge is 0.273 e. The van der Waals surface area contributed by atoms with Crippen molar-refractivity contribution in [3.05, 3.63) is 62.9 Å². The number of non-ortho nitro benzene ring substituents is 1. The van der Waals surface area contributed by atoms with Gasteiger partial charge in [-0.25, -0.2) is 4.39 Å². The van der Waals surface area contributed by atoms with E-state index in [2.05, 4.69) is 0 Å². The van der Waals surface area contributed by atoms with Crippen LogP contribution in [0.3, 0.4) is 0 Å². The Morgan fingerprint density at radius 2 is 2.10 bits per heavy atom. The van der Waals surface area contributed by atoms with Crippen molar-refractivity contribution in [3.8, 4) is 11.5 Å². The van der Waals surface area contributed by atoms with Crippen LogP contribution in [0.15, 0.2) is 36.4 Å². The molecule has 2 aromatic rings. The van der Waals surface area contributed by atoms with E-state index < -0.39 is 16.8 Å². The molecule has 2 rings (SSSR count). The van der Waals surface area contributed by atoms with E-state index in [9.17, 15) is 14.5 Å². The summed E-state index contributed by atoms with van der Waals surface area (Å²) in [6.45, 7) is 1.68. The second-order valence-electron chi connectivity index (χ2n) is 4.42. The van der Waals surface area contributed by atoms with E-state index in [-0.39, 0.29) is 22.2 Å². The van der Waals surface area contributed by atoms with Gasteiger partial charge in [0.05, 0.1) is 16.0 Å². The topological polar surface area (TPSA) is 78.4 Å². The van der Waals surface area contributed by atoms with Gasteiger partial charge in [0.2, 0.25) is 0 Å².